The van der Waals surface area contributed by atoms with E-state index in [-0.39, 0.29) is 0 Å². The molecular weight excluding hydrogens is 294 g/mol. The van der Waals surface area contributed by atoms with Gasteiger partial charge in [0.2, 0.25) is 5.91 Å². The molecule has 0 radical (unpaired) electrons. The van der Waals surface area contributed by atoms with E-state index in [9.17, 15) is 4.79 Å². The maximum absolute atomic E-state index is 11.3. The van der Waals surface area contributed by atoms with Gasteiger partial charge in [-0.2, -0.15) is 0 Å². The lowest BCUT2D eigenvalue weighted by Gasteiger charge is -2.31. The fourth-order valence-electron chi connectivity index (χ4n) is 2.53. The number of morpholine rings is 1. The molecule has 2 N–H and O–H groups in total. The third-order valence-corrected chi connectivity index (χ3v) is 3.70. The number of pyridine rings is 1. The number of hydrogen-bond acceptors (Lipinski definition) is 5. The number of benzene rings is 1. The smallest absolute Gasteiger partial charge is 0.247 e. The molecule has 0 unspecified atom stereocenters. The first kappa shape index (κ1) is 15.5. The fraction of sp³-hybridized carbons (Fsp3) is 0.294. The second-order valence-electron chi connectivity index (χ2n) is 5.40. The summed E-state index contributed by atoms with van der Waals surface area (Å²) in [7, 11) is 0. The van der Waals surface area contributed by atoms with E-state index in [0.717, 1.165) is 17.9 Å². The van der Waals surface area contributed by atoms with E-state index < -0.39 is 12.0 Å². The molecule has 0 saturated carbocycles. The minimum absolute atomic E-state index is 0.422. The largest absolute Gasteiger partial charge is 0.455 e. The zero-order chi connectivity index (χ0) is 16.1. The Bertz CT molecular complexity index is 663. The average Bonchev–Trinajstić information content (AvgIpc) is 2.58. The molecule has 0 spiro atoms. The Morgan fingerprint density at radius 3 is 3.00 bits per heavy atom. The number of amides is 1. The van der Waals surface area contributed by atoms with Crippen LogP contribution in [0.1, 0.15) is 5.56 Å². The van der Waals surface area contributed by atoms with Crippen LogP contribution in [-0.4, -0.2) is 41.6 Å². The van der Waals surface area contributed by atoms with Crippen molar-refractivity contribution in [2.75, 3.05) is 19.7 Å². The van der Waals surface area contributed by atoms with Crippen molar-refractivity contribution in [3.8, 4) is 11.5 Å². The number of carbonyl (C=O) groups excluding carboxylic acids is 1. The van der Waals surface area contributed by atoms with Crippen LogP contribution in [0.4, 0.5) is 0 Å². The lowest BCUT2D eigenvalue weighted by molar-refractivity contribution is -0.135. The van der Waals surface area contributed by atoms with Gasteiger partial charge in [0.15, 0.2) is 0 Å². The van der Waals surface area contributed by atoms with E-state index in [4.69, 9.17) is 15.2 Å². The molecule has 1 aliphatic rings. The maximum Gasteiger partial charge on any atom is 0.247 e. The van der Waals surface area contributed by atoms with Gasteiger partial charge in [-0.1, -0.05) is 18.2 Å². The number of carbonyl (C=O) groups is 1. The highest BCUT2D eigenvalue weighted by molar-refractivity contribution is 5.79. The summed E-state index contributed by atoms with van der Waals surface area (Å²) in [6, 6.07) is 11.5. The zero-order valence-electron chi connectivity index (χ0n) is 12.7. The first-order chi connectivity index (χ1) is 11.2. The van der Waals surface area contributed by atoms with Crippen molar-refractivity contribution in [2.45, 2.75) is 12.6 Å². The predicted octanol–water partition coefficient (Wildman–Crippen LogP) is 1.56. The fourth-order valence-corrected chi connectivity index (χ4v) is 2.53. The van der Waals surface area contributed by atoms with Crippen LogP contribution in [0, 0.1) is 0 Å². The first-order valence-corrected chi connectivity index (χ1v) is 7.51. The summed E-state index contributed by atoms with van der Waals surface area (Å²) in [6.45, 7) is 2.42. The third kappa shape index (κ3) is 4.06. The molecule has 1 aliphatic heterocycles. The van der Waals surface area contributed by atoms with Gasteiger partial charge in [-0.15, -0.1) is 0 Å². The summed E-state index contributed by atoms with van der Waals surface area (Å²) in [5, 5.41) is 0. The molecule has 2 heterocycles. The lowest BCUT2D eigenvalue weighted by atomic mass is 10.1. The summed E-state index contributed by atoms with van der Waals surface area (Å²) >= 11 is 0. The Balaban J connectivity index is 1.72. The molecule has 1 amide bonds. The van der Waals surface area contributed by atoms with E-state index in [1.165, 1.54) is 0 Å². The Morgan fingerprint density at radius 2 is 2.22 bits per heavy atom. The van der Waals surface area contributed by atoms with Crippen molar-refractivity contribution in [2.24, 2.45) is 5.73 Å². The summed E-state index contributed by atoms with van der Waals surface area (Å²) in [4.78, 5) is 17.5. The quantitative estimate of drug-likeness (QED) is 0.906. The number of nitrogens with zero attached hydrogens (tertiary/aromatic N) is 2. The van der Waals surface area contributed by atoms with Crippen LogP contribution >= 0.6 is 0 Å². The molecule has 1 aromatic heterocycles. The minimum atomic E-state index is -0.546. The van der Waals surface area contributed by atoms with E-state index >= 15 is 0 Å². The number of rotatable bonds is 5. The monoisotopic (exact) mass is 313 g/mol. The molecule has 0 aliphatic carbocycles. The normalized spacial score (nSPS) is 18.5. The molecular formula is C17H19N3O3. The Morgan fingerprint density at radius 1 is 1.35 bits per heavy atom. The molecule has 6 nitrogen and oxygen atoms in total. The first-order valence-electron chi connectivity index (χ1n) is 7.51. The number of para-hydroxylation sites is 1. The van der Waals surface area contributed by atoms with Gasteiger partial charge in [0.1, 0.15) is 17.6 Å². The van der Waals surface area contributed by atoms with Crippen LogP contribution < -0.4 is 10.5 Å². The molecule has 1 saturated heterocycles. The van der Waals surface area contributed by atoms with Gasteiger partial charge in [-0.3, -0.25) is 14.7 Å². The Hall–Kier alpha value is -2.44. The molecule has 1 atom stereocenters. The number of primary amides is 1. The molecule has 3 rings (SSSR count). The van der Waals surface area contributed by atoms with Crippen LogP contribution in [0.15, 0.2) is 48.8 Å². The summed E-state index contributed by atoms with van der Waals surface area (Å²) in [5.41, 5.74) is 6.38. The van der Waals surface area contributed by atoms with Crippen molar-refractivity contribution in [1.29, 1.82) is 0 Å². The van der Waals surface area contributed by atoms with E-state index in [0.29, 0.717) is 25.4 Å². The van der Waals surface area contributed by atoms with Crippen molar-refractivity contribution >= 4 is 5.91 Å². The van der Waals surface area contributed by atoms with Gasteiger partial charge in [0.25, 0.3) is 0 Å². The van der Waals surface area contributed by atoms with Crippen molar-refractivity contribution < 1.29 is 14.3 Å². The molecule has 2 aromatic rings. The van der Waals surface area contributed by atoms with Crippen molar-refractivity contribution in [3.05, 3.63) is 54.4 Å². The molecule has 0 bridgehead atoms. The second kappa shape index (κ2) is 7.21. The molecule has 23 heavy (non-hydrogen) atoms. The minimum Gasteiger partial charge on any atom is -0.455 e. The second-order valence-corrected chi connectivity index (χ2v) is 5.40. The number of hydrogen-bond donors (Lipinski definition) is 1. The van der Waals surface area contributed by atoms with Gasteiger partial charge >= 0.3 is 0 Å². The number of ether oxygens (including phenoxy) is 2. The standard InChI is InChI=1S/C17H19N3O3/c18-17(21)16-12-20(8-9-22-16)11-13-4-1-2-6-15(13)23-14-5-3-7-19-10-14/h1-7,10,16H,8-9,11-12H2,(H2,18,21)/t16-/m1/s1. The summed E-state index contributed by atoms with van der Waals surface area (Å²) < 4.78 is 11.3. The van der Waals surface area contributed by atoms with Crippen molar-refractivity contribution in [1.82, 2.24) is 9.88 Å². The van der Waals surface area contributed by atoms with Crippen LogP contribution in [0.5, 0.6) is 11.5 Å². The Labute approximate surface area is 134 Å². The summed E-state index contributed by atoms with van der Waals surface area (Å²) in [6.07, 6.45) is 2.83. The third-order valence-electron chi connectivity index (χ3n) is 3.70. The number of nitrogens with two attached hydrogens (primary N) is 1. The van der Waals surface area contributed by atoms with Gasteiger partial charge in [0.05, 0.1) is 12.8 Å². The van der Waals surface area contributed by atoms with Crippen LogP contribution in [0.3, 0.4) is 0 Å². The van der Waals surface area contributed by atoms with Crippen LogP contribution in [-0.2, 0) is 16.1 Å². The van der Waals surface area contributed by atoms with Gasteiger partial charge in [0, 0.05) is 31.4 Å². The van der Waals surface area contributed by atoms with Gasteiger partial charge < -0.3 is 15.2 Å². The molecule has 1 aromatic carbocycles. The van der Waals surface area contributed by atoms with Gasteiger partial charge in [-0.05, 0) is 18.2 Å². The highest BCUT2D eigenvalue weighted by atomic mass is 16.5. The summed E-state index contributed by atoms with van der Waals surface area (Å²) in [5.74, 6) is 1.05. The molecule has 6 heteroatoms. The van der Waals surface area contributed by atoms with E-state index in [1.807, 2.05) is 36.4 Å². The zero-order valence-corrected chi connectivity index (χ0v) is 12.7. The lowest BCUT2D eigenvalue weighted by Crippen LogP contribution is -2.47. The maximum atomic E-state index is 11.3. The Kier molecular flexibility index (Phi) is 4.85. The predicted molar refractivity (Wildman–Crippen MR) is 85.0 cm³/mol. The number of aromatic nitrogens is 1. The van der Waals surface area contributed by atoms with Gasteiger partial charge in [-0.25, -0.2) is 0 Å². The van der Waals surface area contributed by atoms with E-state index in [2.05, 4.69) is 9.88 Å². The SMILES string of the molecule is NC(=O)[C@H]1CN(Cc2ccccc2Oc2cccnc2)CCO1. The molecule has 1 fully saturated rings. The molecule has 120 valence electrons. The van der Waals surface area contributed by atoms with Crippen LogP contribution in [0.25, 0.3) is 0 Å². The topological polar surface area (TPSA) is 77.7 Å². The highest BCUT2D eigenvalue weighted by Gasteiger charge is 2.25. The van der Waals surface area contributed by atoms with Crippen molar-refractivity contribution in [3.63, 3.8) is 0 Å². The van der Waals surface area contributed by atoms with Crippen LogP contribution in [0.2, 0.25) is 0 Å². The highest BCUT2D eigenvalue weighted by Crippen LogP contribution is 2.26. The average molecular weight is 313 g/mol. The van der Waals surface area contributed by atoms with E-state index in [1.54, 1.807) is 12.4 Å².